The first kappa shape index (κ1) is 27.9. The first-order chi connectivity index (χ1) is 17.5. The third-order valence-corrected chi connectivity index (χ3v) is 7.29. The minimum Gasteiger partial charge on any atom is -0.352 e. The minimum atomic E-state index is -0.583. The predicted molar refractivity (Wildman–Crippen MR) is 137 cm³/mol. The van der Waals surface area contributed by atoms with E-state index in [4.69, 9.17) is 14.6 Å². The highest BCUT2D eigenvalue weighted by Gasteiger charge is 2.50. The van der Waals surface area contributed by atoms with E-state index in [0.717, 1.165) is 31.2 Å². The molecule has 2 aliphatic rings. The molecule has 0 saturated heterocycles. The van der Waals surface area contributed by atoms with E-state index < -0.39 is 5.66 Å². The Labute approximate surface area is 217 Å². The molecule has 0 radical (unpaired) electrons. The fourth-order valence-corrected chi connectivity index (χ4v) is 5.18. The highest BCUT2D eigenvalue weighted by molar-refractivity contribution is 6.46. The van der Waals surface area contributed by atoms with Crippen molar-refractivity contribution < 1.29 is 23.6 Å². The van der Waals surface area contributed by atoms with Crippen LogP contribution >= 0.6 is 0 Å². The highest BCUT2D eigenvalue weighted by atomic mass is 19.1. The Morgan fingerprint density at radius 3 is 2.16 bits per heavy atom. The third-order valence-electron chi connectivity index (χ3n) is 7.29. The Morgan fingerprint density at radius 2 is 1.65 bits per heavy atom. The van der Waals surface area contributed by atoms with Crippen molar-refractivity contribution >= 4 is 23.7 Å². The van der Waals surface area contributed by atoms with Crippen molar-refractivity contribution in [1.82, 2.24) is 10.2 Å². The molecule has 1 aliphatic heterocycles. The van der Waals surface area contributed by atoms with Gasteiger partial charge in [-0.05, 0) is 85.9 Å². The molecule has 196 valence electrons. The second-order valence-corrected chi connectivity index (χ2v) is 10.6. The number of benzene rings is 2. The van der Waals surface area contributed by atoms with Crippen molar-refractivity contribution in [3.05, 3.63) is 71.0 Å². The maximum atomic E-state index is 13.6. The van der Waals surface area contributed by atoms with Gasteiger partial charge in [-0.1, -0.05) is 32.9 Å². The lowest BCUT2D eigenvalue weighted by molar-refractivity contribution is -0.191. The van der Waals surface area contributed by atoms with Crippen molar-refractivity contribution in [1.29, 1.82) is 0 Å². The molecule has 1 spiro atoms. The molecule has 0 unspecified atom stereocenters. The van der Waals surface area contributed by atoms with Gasteiger partial charge in [-0.15, -0.1) is 0 Å². The Balaban J connectivity index is 0.00000121. The summed E-state index contributed by atoms with van der Waals surface area (Å²) in [6.45, 7) is 9.70. The Kier molecular flexibility index (Phi) is 8.77. The standard InChI is InChI=1S/C28H34FN3O2.CO2/c1-5-30-25(33)21-8-6-19(7-9-21)18-32-26(34)24(20-10-12-23(29)13-11-20)31-28(32)16-14-22(15-17-28)27(2,3)4;2-1-3/h6-13,22H,5,14-18H2,1-4H3,(H,30,33);. The highest BCUT2D eigenvalue weighted by Crippen LogP contribution is 2.47. The lowest BCUT2D eigenvalue weighted by Crippen LogP contribution is -2.49. The van der Waals surface area contributed by atoms with Crippen LogP contribution in [0.5, 0.6) is 0 Å². The van der Waals surface area contributed by atoms with Crippen LogP contribution in [0.3, 0.4) is 0 Å². The molecular weight excluding hydrogens is 473 g/mol. The van der Waals surface area contributed by atoms with Crippen LogP contribution in [0.1, 0.15) is 74.9 Å². The number of nitrogens with zero attached hydrogens (tertiary/aromatic N) is 2. The van der Waals surface area contributed by atoms with Gasteiger partial charge in [-0.2, -0.15) is 9.59 Å². The number of amides is 2. The largest absolute Gasteiger partial charge is 0.373 e. The van der Waals surface area contributed by atoms with E-state index in [1.807, 2.05) is 24.0 Å². The van der Waals surface area contributed by atoms with E-state index in [0.29, 0.717) is 35.8 Å². The summed E-state index contributed by atoms with van der Waals surface area (Å²) < 4.78 is 13.5. The predicted octanol–water partition coefficient (Wildman–Crippen LogP) is 4.76. The third kappa shape index (κ3) is 6.38. The summed E-state index contributed by atoms with van der Waals surface area (Å²) in [5.74, 6) is 0.0228. The number of aliphatic imine (C=N–C) groups is 1. The van der Waals surface area contributed by atoms with E-state index in [1.54, 1.807) is 24.3 Å². The Morgan fingerprint density at radius 1 is 1.08 bits per heavy atom. The van der Waals surface area contributed by atoms with Crippen molar-refractivity contribution in [3.8, 4) is 0 Å². The molecule has 4 rings (SSSR count). The lowest BCUT2D eigenvalue weighted by atomic mass is 9.69. The Hall–Kier alpha value is -3.64. The van der Waals surface area contributed by atoms with Crippen molar-refractivity contribution in [2.45, 2.75) is 65.6 Å². The van der Waals surface area contributed by atoms with Gasteiger partial charge in [0.05, 0.1) is 0 Å². The zero-order valence-electron chi connectivity index (χ0n) is 21.8. The van der Waals surface area contributed by atoms with Crippen LogP contribution in [0.15, 0.2) is 53.5 Å². The molecule has 1 heterocycles. The van der Waals surface area contributed by atoms with Crippen LogP contribution in [0.25, 0.3) is 0 Å². The molecule has 1 N–H and O–H groups in total. The molecule has 7 nitrogen and oxygen atoms in total. The number of halogens is 1. The van der Waals surface area contributed by atoms with Gasteiger partial charge in [-0.3, -0.25) is 14.6 Å². The number of nitrogens with one attached hydrogen (secondary N) is 1. The lowest BCUT2D eigenvalue weighted by Gasteiger charge is -2.44. The van der Waals surface area contributed by atoms with Crippen LogP contribution in [0.4, 0.5) is 4.39 Å². The normalized spacial score (nSPS) is 21.1. The molecule has 0 bridgehead atoms. The quantitative estimate of drug-likeness (QED) is 0.631. The van der Waals surface area contributed by atoms with Gasteiger partial charge in [0.25, 0.3) is 11.8 Å². The van der Waals surface area contributed by atoms with Crippen LogP contribution in [0.2, 0.25) is 0 Å². The summed E-state index contributed by atoms with van der Waals surface area (Å²) in [5, 5.41) is 2.80. The number of carbonyl (C=O) groups is 2. The number of hydrogen-bond donors (Lipinski definition) is 1. The average Bonchev–Trinajstić information content (AvgIpc) is 3.11. The summed E-state index contributed by atoms with van der Waals surface area (Å²) in [7, 11) is 0. The molecule has 0 atom stereocenters. The van der Waals surface area contributed by atoms with Crippen LogP contribution in [-0.4, -0.2) is 40.8 Å². The van der Waals surface area contributed by atoms with Crippen LogP contribution < -0.4 is 5.32 Å². The molecule has 8 heteroatoms. The fraction of sp³-hybridized carbons (Fsp3) is 0.448. The van der Waals surface area contributed by atoms with Gasteiger partial charge in [0.1, 0.15) is 17.2 Å². The average molecular weight is 508 g/mol. The summed E-state index contributed by atoms with van der Waals surface area (Å²) in [6.07, 6.45) is 3.87. The summed E-state index contributed by atoms with van der Waals surface area (Å²) in [5.41, 5.74) is 2.25. The van der Waals surface area contributed by atoms with E-state index in [2.05, 4.69) is 26.1 Å². The zero-order valence-corrected chi connectivity index (χ0v) is 21.8. The van der Waals surface area contributed by atoms with Gasteiger partial charge >= 0.3 is 6.15 Å². The van der Waals surface area contributed by atoms with E-state index in [9.17, 15) is 14.0 Å². The SMILES string of the molecule is CCNC(=O)c1ccc(CN2C(=O)C(c3ccc(F)cc3)=NC23CCC(C(C)(C)C)CC3)cc1.O=C=O. The first-order valence-corrected chi connectivity index (χ1v) is 12.6. The summed E-state index contributed by atoms with van der Waals surface area (Å²) >= 11 is 0. The van der Waals surface area contributed by atoms with Gasteiger partial charge in [-0.25, -0.2) is 4.39 Å². The van der Waals surface area contributed by atoms with Gasteiger partial charge in [0.15, 0.2) is 0 Å². The minimum absolute atomic E-state index is 0.106. The number of rotatable bonds is 5. The molecular formula is C29H34FN3O4. The van der Waals surface area contributed by atoms with Crippen LogP contribution in [-0.2, 0) is 20.9 Å². The molecule has 1 saturated carbocycles. The molecule has 2 amide bonds. The van der Waals surface area contributed by atoms with E-state index >= 15 is 0 Å². The second-order valence-electron chi connectivity index (χ2n) is 10.6. The van der Waals surface area contributed by atoms with E-state index in [1.165, 1.54) is 12.1 Å². The molecule has 1 aliphatic carbocycles. The zero-order chi connectivity index (χ0) is 27.2. The summed E-state index contributed by atoms with van der Waals surface area (Å²) in [4.78, 5) is 48.9. The maximum absolute atomic E-state index is 13.6. The molecule has 2 aromatic carbocycles. The maximum Gasteiger partial charge on any atom is 0.373 e. The number of hydrogen-bond acceptors (Lipinski definition) is 5. The Bertz CT molecular complexity index is 1170. The molecule has 37 heavy (non-hydrogen) atoms. The first-order valence-electron chi connectivity index (χ1n) is 12.6. The molecule has 0 aromatic heterocycles. The number of carbonyl (C=O) groups excluding carboxylic acids is 4. The fourth-order valence-electron chi connectivity index (χ4n) is 5.18. The van der Waals surface area contributed by atoms with Gasteiger partial charge < -0.3 is 10.2 Å². The van der Waals surface area contributed by atoms with Crippen molar-refractivity contribution in [3.63, 3.8) is 0 Å². The second kappa shape index (κ2) is 11.6. The van der Waals surface area contributed by atoms with E-state index in [-0.39, 0.29) is 29.2 Å². The van der Waals surface area contributed by atoms with Gasteiger partial charge in [0, 0.05) is 24.2 Å². The van der Waals surface area contributed by atoms with Crippen molar-refractivity contribution in [2.75, 3.05) is 6.54 Å². The summed E-state index contributed by atoms with van der Waals surface area (Å²) in [6, 6.07) is 13.4. The molecule has 1 fully saturated rings. The smallest absolute Gasteiger partial charge is 0.352 e. The van der Waals surface area contributed by atoms with Gasteiger partial charge in [0.2, 0.25) is 0 Å². The van der Waals surface area contributed by atoms with Crippen LogP contribution in [0, 0.1) is 17.2 Å². The monoisotopic (exact) mass is 507 g/mol. The molecule has 2 aromatic rings. The van der Waals surface area contributed by atoms with Crippen molar-refractivity contribution in [2.24, 2.45) is 16.3 Å². The topological polar surface area (TPSA) is 95.9 Å².